The molecule has 0 aromatic carbocycles. The van der Waals surface area contributed by atoms with Gasteiger partial charge in [0.15, 0.2) is 5.78 Å². The first kappa shape index (κ1) is 29.6. The molecule has 0 amide bonds. The second-order valence-corrected chi connectivity index (χ2v) is 4.78. The summed E-state index contributed by atoms with van der Waals surface area (Å²) in [6, 6.07) is 0. The predicted octanol–water partition coefficient (Wildman–Crippen LogP) is 2.14. The van der Waals surface area contributed by atoms with E-state index in [0.29, 0.717) is 0 Å². The third-order valence-electron chi connectivity index (χ3n) is 2.21. The Morgan fingerprint density at radius 1 is 1.26 bits per heavy atom. The van der Waals surface area contributed by atoms with Crippen molar-refractivity contribution in [3.05, 3.63) is 29.2 Å². The number of hydrogen-bond acceptors (Lipinski definition) is 6. The van der Waals surface area contributed by atoms with Gasteiger partial charge in [-0.05, 0) is 20.8 Å². The van der Waals surface area contributed by atoms with Crippen molar-refractivity contribution in [2.45, 2.75) is 33.1 Å². The molecule has 7 nitrogen and oxygen atoms in total. The minimum absolute atomic E-state index is 0.0486. The van der Waals surface area contributed by atoms with Gasteiger partial charge in [-0.2, -0.15) is 31.4 Å². The number of nitrogens with two attached hydrogens (primary N) is 2. The number of aromatic nitrogens is 2. The smallest absolute Gasteiger partial charge is 0.397 e. The number of aryl methyl sites for hydroxylation is 1. The van der Waals surface area contributed by atoms with Gasteiger partial charge in [0.05, 0.1) is 11.8 Å². The second-order valence-electron chi connectivity index (χ2n) is 4.78. The number of Topliss-reactive ketones (excluding diaryl/α,β-unsaturated/α-hetero) is 1. The molecule has 1 rings (SSSR count). The Morgan fingerprint density at radius 3 is 1.78 bits per heavy atom. The number of H-pyrrole nitrogens is 1. The van der Waals surface area contributed by atoms with Crippen molar-refractivity contribution >= 4 is 5.78 Å². The maximum atomic E-state index is 12.0. The second kappa shape index (κ2) is 14.0. The van der Waals surface area contributed by atoms with Crippen molar-refractivity contribution in [2.24, 2.45) is 11.7 Å². The van der Waals surface area contributed by atoms with E-state index in [9.17, 15) is 31.1 Å². The molecule has 160 valence electrons. The summed E-state index contributed by atoms with van der Waals surface area (Å²) in [7, 11) is 2.85. The van der Waals surface area contributed by atoms with Crippen molar-refractivity contribution in [3.8, 4) is 0 Å². The van der Waals surface area contributed by atoms with E-state index in [2.05, 4.69) is 21.9 Å². The van der Waals surface area contributed by atoms with Crippen LogP contribution in [0.4, 0.5) is 26.3 Å². The first-order valence-electron chi connectivity index (χ1n) is 7.16. The Balaban J connectivity index is -0.000000347. The van der Waals surface area contributed by atoms with Gasteiger partial charge in [-0.3, -0.25) is 21.6 Å². The number of rotatable bonds is 2. The first-order chi connectivity index (χ1) is 12.2. The lowest BCUT2D eigenvalue weighted by molar-refractivity contribution is -0.138. The molecular formula is C14H25F6N5O2. The maximum Gasteiger partial charge on any atom is 0.421 e. The fourth-order valence-electron chi connectivity index (χ4n) is 1.26. The Labute approximate surface area is 153 Å². The first-order valence-corrected chi connectivity index (χ1v) is 7.16. The SMILES string of the molecule is CC(=O)/C(=C/N(C)C)C(F)(F)F.CCO.Cc1[nH]ncc1C(F)(F)F.NN. The molecule has 0 aliphatic rings. The largest absolute Gasteiger partial charge is 0.421 e. The number of aromatic amines is 1. The molecule has 1 aromatic rings. The molecule has 1 heterocycles. The number of nitrogens with one attached hydrogen (secondary N) is 1. The van der Waals surface area contributed by atoms with Gasteiger partial charge >= 0.3 is 12.4 Å². The van der Waals surface area contributed by atoms with Gasteiger partial charge in [0.1, 0.15) is 5.57 Å². The molecule has 13 heteroatoms. The zero-order chi connectivity index (χ0) is 22.4. The lowest BCUT2D eigenvalue weighted by atomic mass is 10.2. The number of aliphatic hydroxyl groups is 1. The number of hydrogen-bond donors (Lipinski definition) is 4. The zero-order valence-electron chi connectivity index (χ0n) is 15.5. The molecule has 1 aromatic heterocycles. The molecular weight excluding hydrogens is 384 g/mol. The van der Waals surface area contributed by atoms with E-state index < -0.39 is 29.3 Å². The Bertz CT molecular complexity index is 553. The third kappa shape index (κ3) is 14.7. The van der Waals surface area contributed by atoms with Gasteiger partial charge in [0.25, 0.3) is 0 Å². The van der Waals surface area contributed by atoms with Gasteiger partial charge < -0.3 is 10.0 Å². The van der Waals surface area contributed by atoms with Crippen LogP contribution in [0.3, 0.4) is 0 Å². The van der Waals surface area contributed by atoms with Crippen molar-refractivity contribution in [3.63, 3.8) is 0 Å². The average molecular weight is 409 g/mol. The van der Waals surface area contributed by atoms with Gasteiger partial charge in [0.2, 0.25) is 0 Å². The van der Waals surface area contributed by atoms with Crippen LogP contribution in [-0.2, 0) is 11.0 Å². The third-order valence-corrected chi connectivity index (χ3v) is 2.21. The van der Waals surface area contributed by atoms with E-state index in [1.54, 1.807) is 6.92 Å². The Kier molecular flexibility index (Phi) is 15.4. The van der Waals surface area contributed by atoms with Gasteiger partial charge in [-0.15, -0.1) is 0 Å². The molecule has 0 aliphatic carbocycles. The lowest BCUT2D eigenvalue weighted by Crippen LogP contribution is -2.21. The molecule has 6 N–H and O–H groups in total. The highest BCUT2D eigenvalue weighted by atomic mass is 19.4. The molecule has 0 spiro atoms. The average Bonchev–Trinajstić information content (AvgIpc) is 2.93. The molecule has 0 atom stereocenters. The van der Waals surface area contributed by atoms with Gasteiger partial charge in [-0.25, -0.2) is 0 Å². The molecule has 0 bridgehead atoms. The summed E-state index contributed by atoms with van der Waals surface area (Å²) in [4.78, 5) is 11.7. The Hall–Kier alpha value is -2.12. The summed E-state index contributed by atoms with van der Waals surface area (Å²) < 4.78 is 71.5. The summed E-state index contributed by atoms with van der Waals surface area (Å²) in [6.07, 6.45) is -7.30. The molecule has 27 heavy (non-hydrogen) atoms. The number of alkyl halides is 6. The molecule has 0 radical (unpaired) electrons. The van der Waals surface area contributed by atoms with Crippen LogP contribution in [0.5, 0.6) is 0 Å². The number of allylic oxidation sites excluding steroid dienone is 1. The van der Waals surface area contributed by atoms with Crippen LogP contribution < -0.4 is 11.7 Å². The van der Waals surface area contributed by atoms with E-state index in [1.165, 1.54) is 25.9 Å². The summed E-state index contributed by atoms with van der Waals surface area (Å²) >= 11 is 0. The predicted molar refractivity (Wildman–Crippen MR) is 88.0 cm³/mol. The van der Waals surface area contributed by atoms with E-state index in [-0.39, 0.29) is 12.3 Å². The minimum atomic E-state index is -4.56. The number of ketones is 1. The number of aliphatic hydroxyl groups excluding tert-OH is 1. The van der Waals surface area contributed by atoms with Crippen LogP contribution in [0, 0.1) is 6.92 Å². The molecule has 0 fully saturated rings. The fraction of sp³-hybridized carbons (Fsp3) is 0.571. The number of carbonyl (C=O) groups is 1. The summed E-state index contributed by atoms with van der Waals surface area (Å²) in [5.41, 5.74) is -1.78. The van der Waals surface area contributed by atoms with E-state index in [0.717, 1.165) is 19.3 Å². The number of halogens is 6. The quantitative estimate of drug-likeness (QED) is 0.257. The van der Waals surface area contributed by atoms with E-state index in [1.807, 2.05) is 0 Å². The van der Waals surface area contributed by atoms with E-state index >= 15 is 0 Å². The van der Waals surface area contributed by atoms with Crippen LogP contribution in [0.25, 0.3) is 0 Å². The maximum absolute atomic E-state index is 12.0. The lowest BCUT2D eigenvalue weighted by Gasteiger charge is -2.11. The molecule has 0 saturated carbocycles. The van der Waals surface area contributed by atoms with Gasteiger partial charge in [-0.1, -0.05) is 0 Å². The van der Waals surface area contributed by atoms with Crippen molar-refractivity contribution < 1.29 is 36.2 Å². The van der Waals surface area contributed by atoms with Crippen LogP contribution in [0.2, 0.25) is 0 Å². The molecule has 0 aliphatic heterocycles. The minimum Gasteiger partial charge on any atom is -0.397 e. The molecule has 0 unspecified atom stereocenters. The summed E-state index contributed by atoms with van der Waals surface area (Å²) in [6.45, 7) is 4.15. The standard InChI is InChI=1S/C7H10F3NO.C5H5F3N2.C2H6O.H4N2/c1-5(12)6(4-11(2)3)7(8,9)10;1-3-4(2-9-10-3)5(6,7)8;1-2-3;1-2/h4H,1-3H3;2H,1H3,(H,9,10);3H,2H2,1H3;1-2H2/b6-4-;;;. The van der Waals surface area contributed by atoms with Gasteiger partial charge in [0, 0.05) is 32.6 Å². The van der Waals surface area contributed by atoms with Crippen molar-refractivity contribution in [1.29, 1.82) is 0 Å². The summed E-state index contributed by atoms with van der Waals surface area (Å²) in [5, 5.41) is 13.0. The van der Waals surface area contributed by atoms with Crippen molar-refractivity contribution in [1.82, 2.24) is 15.1 Å². The van der Waals surface area contributed by atoms with Crippen LogP contribution in [0.15, 0.2) is 18.0 Å². The topological polar surface area (TPSA) is 121 Å². The number of nitrogens with zero attached hydrogens (tertiary/aromatic N) is 2. The highest BCUT2D eigenvalue weighted by Gasteiger charge is 2.36. The summed E-state index contributed by atoms with van der Waals surface area (Å²) in [5.74, 6) is 7.02. The zero-order valence-corrected chi connectivity index (χ0v) is 15.5. The highest BCUT2D eigenvalue weighted by Crippen LogP contribution is 2.30. The fourth-order valence-corrected chi connectivity index (χ4v) is 1.26. The number of hydrazine groups is 1. The van der Waals surface area contributed by atoms with E-state index in [4.69, 9.17) is 5.11 Å². The van der Waals surface area contributed by atoms with Crippen LogP contribution in [-0.4, -0.2) is 52.9 Å². The monoisotopic (exact) mass is 409 g/mol. The highest BCUT2D eigenvalue weighted by molar-refractivity contribution is 5.94. The van der Waals surface area contributed by atoms with Crippen LogP contribution in [0.1, 0.15) is 25.1 Å². The van der Waals surface area contributed by atoms with Crippen LogP contribution >= 0.6 is 0 Å². The number of carbonyl (C=O) groups excluding carboxylic acids is 1. The molecule has 0 saturated heterocycles. The Morgan fingerprint density at radius 2 is 1.67 bits per heavy atom. The normalized spacial score (nSPS) is 11.1. The van der Waals surface area contributed by atoms with Crippen molar-refractivity contribution in [2.75, 3.05) is 20.7 Å².